The topological polar surface area (TPSA) is 44.8 Å². The van der Waals surface area contributed by atoms with Crippen molar-refractivity contribution in [2.45, 2.75) is 87.2 Å². The van der Waals surface area contributed by atoms with Gasteiger partial charge >= 0.3 is 5.97 Å². The smallest absolute Gasteiger partial charge is 0.317 e. The Kier molecular flexibility index (Phi) is 8.22. The summed E-state index contributed by atoms with van der Waals surface area (Å²) < 4.78 is 18.6. The van der Waals surface area contributed by atoms with Crippen molar-refractivity contribution >= 4 is 16.3 Å². The highest BCUT2D eigenvalue weighted by molar-refractivity contribution is 8.30. The normalized spacial score (nSPS) is 12.7. The van der Waals surface area contributed by atoms with Crippen molar-refractivity contribution in [1.29, 1.82) is 0 Å². The molecule has 0 saturated carbocycles. The summed E-state index contributed by atoms with van der Waals surface area (Å²) in [5, 5.41) is 0. The zero-order valence-corrected chi connectivity index (χ0v) is 22.8. The minimum Gasteiger partial charge on any atom is -0.488 e. The van der Waals surface area contributed by atoms with Crippen molar-refractivity contribution in [1.82, 2.24) is 0 Å². The molecular formula is C30H38O4S. The lowest BCUT2D eigenvalue weighted by Gasteiger charge is -2.40. The van der Waals surface area contributed by atoms with Gasteiger partial charge in [0, 0.05) is 21.1 Å². The summed E-state index contributed by atoms with van der Waals surface area (Å²) in [6.45, 7) is 14.1. The Bertz CT molecular complexity index is 1030. The fourth-order valence-corrected chi connectivity index (χ4v) is 6.70. The molecule has 0 spiro atoms. The van der Waals surface area contributed by atoms with Crippen LogP contribution in [-0.4, -0.2) is 17.2 Å². The van der Waals surface area contributed by atoms with Crippen LogP contribution in [0.25, 0.3) is 0 Å². The first-order chi connectivity index (χ1) is 16.4. The number of hydrogen-bond acceptors (Lipinski definition) is 4. The Morgan fingerprint density at radius 3 is 1.43 bits per heavy atom. The standard InChI is InChI=1S/C30H38O4S/c1-8-12-28(31)34-35(25-13-10-9-11-14-25,26-19-15-23(16-20-26)32-29(2,3)4)27-21-17-24(18-22-27)33-30(5,6)7/h9-11,13-22H,8,12H2,1-7H3. The van der Waals surface area contributed by atoms with Gasteiger partial charge in [-0.25, -0.2) is 0 Å². The van der Waals surface area contributed by atoms with E-state index >= 15 is 0 Å². The predicted molar refractivity (Wildman–Crippen MR) is 143 cm³/mol. The van der Waals surface area contributed by atoms with Crippen molar-refractivity contribution in [3.63, 3.8) is 0 Å². The highest BCUT2D eigenvalue weighted by atomic mass is 32.3. The highest BCUT2D eigenvalue weighted by Crippen LogP contribution is 2.69. The van der Waals surface area contributed by atoms with E-state index in [1.165, 1.54) is 0 Å². The molecule has 0 radical (unpaired) electrons. The third kappa shape index (κ3) is 7.04. The number of hydrogen-bond donors (Lipinski definition) is 0. The van der Waals surface area contributed by atoms with Gasteiger partial charge < -0.3 is 13.7 Å². The first kappa shape index (κ1) is 26.7. The fraction of sp³-hybridized carbons (Fsp3) is 0.367. The van der Waals surface area contributed by atoms with Crippen LogP contribution in [0, 0.1) is 0 Å². The van der Waals surface area contributed by atoms with Crippen LogP contribution in [0.4, 0.5) is 0 Å². The van der Waals surface area contributed by atoms with Crippen LogP contribution < -0.4 is 9.47 Å². The van der Waals surface area contributed by atoms with E-state index in [1.807, 2.05) is 127 Å². The maximum atomic E-state index is 13.0. The van der Waals surface area contributed by atoms with Gasteiger partial charge in [-0.3, -0.25) is 4.79 Å². The summed E-state index contributed by atoms with van der Waals surface area (Å²) in [5.74, 6) is 1.34. The quantitative estimate of drug-likeness (QED) is 0.314. The lowest BCUT2D eigenvalue weighted by atomic mass is 10.2. The average Bonchev–Trinajstić information content (AvgIpc) is 2.77. The molecule has 0 unspecified atom stereocenters. The SMILES string of the molecule is CCCC(=O)OS(c1ccccc1)(c1ccc(OC(C)(C)C)cc1)c1ccc(OC(C)(C)C)cc1. The molecule has 0 atom stereocenters. The highest BCUT2D eigenvalue weighted by Gasteiger charge is 2.35. The fourth-order valence-electron chi connectivity index (χ4n) is 3.66. The Morgan fingerprint density at radius 2 is 1.06 bits per heavy atom. The summed E-state index contributed by atoms with van der Waals surface area (Å²) in [4.78, 5) is 15.9. The van der Waals surface area contributed by atoms with Crippen LogP contribution in [0.1, 0.15) is 61.3 Å². The summed E-state index contributed by atoms with van der Waals surface area (Å²) >= 11 is 0. The molecule has 4 nitrogen and oxygen atoms in total. The van der Waals surface area contributed by atoms with E-state index in [-0.39, 0.29) is 17.2 Å². The van der Waals surface area contributed by atoms with E-state index in [4.69, 9.17) is 13.7 Å². The third-order valence-electron chi connectivity index (χ3n) is 4.91. The van der Waals surface area contributed by atoms with Crippen LogP contribution in [0.3, 0.4) is 0 Å². The van der Waals surface area contributed by atoms with Crippen molar-refractivity contribution in [2.75, 3.05) is 0 Å². The first-order valence-electron chi connectivity index (χ1n) is 12.1. The Morgan fingerprint density at radius 1 is 0.657 bits per heavy atom. The molecule has 35 heavy (non-hydrogen) atoms. The molecule has 0 aliphatic heterocycles. The molecule has 0 aliphatic carbocycles. The van der Waals surface area contributed by atoms with Gasteiger partial charge in [0.2, 0.25) is 0 Å². The van der Waals surface area contributed by atoms with Crippen LogP contribution in [0.15, 0.2) is 93.5 Å². The van der Waals surface area contributed by atoms with Crippen molar-refractivity contribution in [2.24, 2.45) is 0 Å². The van der Waals surface area contributed by atoms with Gasteiger partial charge in [-0.1, -0.05) is 25.1 Å². The molecule has 0 amide bonds. The molecule has 3 rings (SSSR count). The second-order valence-electron chi connectivity index (χ2n) is 10.4. The van der Waals surface area contributed by atoms with Crippen molar-refractivity contribution < 1.29 is 18.5 Å². The maximum Gasteiger partial charge on any atom is 0.317 e. The van der Waals surface area contributed by atoms with Crippen molar-refractivity contribution in [3.8, 4) is 11.5 Å². The summed E-state index contributed by atoms with van der Waals surface area (Å²) in [6.07, 6.45) is 1.08. The second kappa shape index (κ2) is 10.8. The molecule has 188 valence electrons. The zero-order valence-electron chi connectivity index (χ0n) is 22.0. The molecule has 0 heterocycles. The largest absolute Gasteiger partial charge is 0.488 e. The lowest BCUT2D eigenvalue weighted by molar-refractivity contribution is -0.133. The van der Waals surface area contributed by atoms with Crippen LogP contribution in [0.2, 0.25) is 0 Å². The molecule has 3 aromatic carbocycles. The van der Waals surface area contributed by atoms with Gasteiger partial charge in [0.1, 0.15) is 22.7 Å². The van der Waals surface area contributed by atoms with Gasteiger partial charge in [0.05, 0.1) is 0 Å². The molecule has 0 aliphatic rings. The molecular weight excluding hydrogens is 456 g/mol. The van der Waals surface area contributed by atoms with Crippen molar-refractivity contribution in [3.05, 3.63) is 78.9 Å². The van der Waals surface area contributed by atoms with Gasteiger partial charge in [0.15, 0.2) is 0 Å². The molecule has 0 aromatic heterocycles. The number of rotatable bonds is 8. The van der Waals surface area contributed by atoms with Gasteiger partial charge in [-0.05, 0) is 119 Å². The summed E-state index contributed by atoms with van der Waals surface area (Å²) in [6, 6.07) is 25.9. The van der Waals surface area contributed by atoms with E-state index in [9.17, 15) is 4.79 Å². The van der Waals surface area contributed by atoms with E-state index in [1.54, 1.807) is 0 Å². The van der Waals surface area contributed by atoms with E-state index < -0.39 is 10.3 Å². The molecule has 5 heteroatoms. The van der Waals surface area contributed by atoms with Crippen LogP contribution >= 0.6 is 10.3 Å². The predicted octanol–water partition coefficient (Wildman–Crippen LogP) is 8.58. The number of carbonyl (C=O) groups is 1. The summed E-state index contributed by atoms with van der Waals surface area (Å²) in [7, 11) is -2.34. The molecule has 0 N–H and O–H groups in total. The third-order valence-corrected chi connectivity index (χ3v) is 8.15. The van der Waals surface area contributed by atoms with E-state index in [0.717, 1.165) is 32.6 Å². The minimum absolute atomic E-state index is 0.212. The average molecular weight is 495 g/mol. The van der Waals surface area contributed by atoms with Crippen LogP contribution in [0.5, 0.6) is 11.5 Å². The van der Waals surface area contributed by atoms with Crippen LogP contribution in [-0.2, 0) is 8.98 Å². The first-order valence-corrected chi connectivity index (χ1v) is 13.7. The number of ether oxygens (including phenoxy) is 2. The minimum atomic E-state index is -2.34. The lowest BCUT2D eigenvalue weighted by Crippen LogP contribution is -2.23. The Balaban J connectivity index is 2.18. The second-order valence-corrected chi connectivity index (χ2v) is 13.1. The van der Waals surface area contributed by atoms with Gasteiger partial charge in [-0.2, -0.15) is 0 Å². The molecule has 0 fully saturated rings. The van der Waals surface area contributed by atoms with E-state index in [0.29, 0.717) is 6.42 Å². The maximum absolute atomic E-state index is 13.0. The molecule has 0 saturated heterocycles. The Labute approximate surface area is 212 Å². The van der Waals surface area contributed by atoms with Gasteiger partial charge in [-0.15, -0.1) is 0 Å². The zero-order chi connectivity index (χ0) is 25.7. The van der Waals surface area contributed by atoms with E-state index in [2.05, 4.69) is 0 Å². The molecule has 3 aromatic rings. The monoisotopic (exact) mass is 494 g/mol. The number of benzene rings is 3. The Hall–Kier alpha value is -2.92. The molecule has 0 bridgehead atoms. The summed E-state index contributed by atoms with van der Waals surface area (Å²) in [5.41, 5.74) is -0.608. The van der Waals surface area contributed by atoms with Gasteiger partial charge in [0.25, 0.3) is 0 Å². The number of carbonyl (C=O) groups excluding carboxylic acids is 1.